The first kappa shape index (κ1) is 7.82. The Morgan fingerprint density at radius 2 is 2.10 bits per heavy atom. The van der Waals surface area contributed by atoms with Gasteiger partial charge in [0.2, 0.25) is 0 Å². The minimum Gasteiger partial charge on any atom is -0.506 e. The third-order valence-electron chi connectivity index (χ3n) is 1.01. The molecule has 1 rings (SSSR count). The van der Waals surface area contributed by atoms with Crippen LogP contribution in [0.25, 0.3) is 0 Å². The maximum Gasteiger partial charge on any atom is 0.139 e. The molecule has 0 radical (unpaired) electrons. The van der Waals surface area contributed by atoms with Crippen LogP contribution in [0.3, 0.4) is 0 Å². The van der Waals surface area contributed by atoms with Crippen LogP contribution in [0.1, 0.15) is 0 Å². The summed E-state index contributed by atoms with van der Waals surface area (Å²) in [7, 11) is 0. The Morgan fingerprint density at radius 3 is 2.60 bits per heavy atom. The smallest absolute Gasteiger partial charge is 0.139 e. The highest BCUT2D eigenvalue weighted by Crippen LogP contribution is 2.32. The van der Waals surface area contributed by atoms with Crippen LogP contribution in [0.2, 0.25) is 5.02 Å². The maximum atomic E-state index is 12.5. The minimum atomic E-state index is -0.484. The first-order valence-electron chi connectivity index (χ1n) is 2.45. The minimum absolute atomic E-state index is 0.000000000000000222. The summed E-state index contributed by atoms with van der Waals surface area (Å²) in [6.07, 6.45) is 0. The third-order valence-corrected chi connectivity index (χ3v) is 2.40. The molecule has 0 aliphatic rings. The lowest BCUT2D eigenvalue weighted by Crippen LogP contribution is -1.77. The summed E-state index contributed by atoms with van der Waals surface area (Å²) in [4.78, 5) is 0. The zero-order valence-corrected chi connectivity index (χ0v) is 7.08. The molecule has 0 saturated heterocycles. The second-order valence-electron chi connectivity index (χ2n) is 1.69. The Hall–Kier alpha value is -0.280. The van der Waals surface area contributed by atoms with Gasteiger partial charge in [-0.2, -0.15) is 0 Å². The lowest BCUT2D eigenvalue weighted by atomic mass is 10.3. The molecule has 0 aliphatic heterocycles. The molecular formula is C6H3BrClFO. The van der Waals surface area contributed by atoms with Crippen molar-refractivity contribution in [2.24, 2.45) is 0 Å². The van der Waals surface area contributed by atoms with E-state index in [-0.39, 0.29) is 15.2 Å². The highest BCUT2D eigenvalue weighted by molar-refractivity contribution is 9.10. The van der Waals surface area contributed by atoms with Crippen LogP contribution in [0.5, 0.6) is 5.75 Å². The lowest BCUT2D eigenvalue weighted by Gasteiger charge is -1.98. The fourth-order valence-electron chi connectivity index (χ4n) is 0.516. The first-order chi connectivity index (χ1) is 4.63. The molecule has 0 unspecified atom stereocenters. The molecule has 54 valence electrons. The van der Waals surface area contributed by atoms with Crippen molar-refractivity contribution in [3.05, 3.63) is 27.4 Å². The lowest BCUT2D eigenvalue weighted by molar-refractivity contribution is 0.472. The highest BCUT2D eigenvalue weighted by Gasteiger charge is 2.06. The van der Waals surface area contributed by atoms with E-state index in [0.717, 1.165) is 6.07 Å². The Kier molecular flexibility index (Phi) is 2.16. The molecule has 1 aromatic rings. The average molecular weight is 225 g/mol. The van der Waals surface area contributed by atoms with Crippen molar-refractivity contribution in [1.82, 2.24) is 0 Å². The largest absolute Gasteiger partial charge is 0.506 e. The van der Waals surface area contributed by atoms with Crippen LogP contribution in [0, 0.1) is 5.82 Å². The molecule has 4 heteroatoms. The molecule has 0 bridgehead atoms. The van der Waals surface area contributed by atoms with Crippen molar-refractivity contribution in [3.63, 3.8) is 0 Å². The molecule has 1 aromatic carbocycles. The van der Waals surface area contributed by atoms with E-state index in [1.165, 1.54) is 6.07 Å². The predicted octanol–water partition coefficient (Wildman–Crippen LogP) is 2.95. The molecule has 0 aromatic heterocycles. The highest BCUT2D eigenvalue weighted by atomic mass is 79.9. The number of halogens is 3. The molecule has 0 spiro atoms. The van der Waals surface area contributed by atoms with Crippen LogP contribution in [0.4, 0.5) is 4.39 Å². The molecule has 0 aliphatic carbocycles. The van der Waals surface area contributed by atoms with Gasteiger partial charge in [-0.3, -0.25) is 0 Å². The molecule has 1 N–H and O–H groups in total. The number of hydrogen-bond donors (Lipinski definition) is 1. The number of phenolic OH excluding ortho intramolecular Hbond substituents is 1. The molecule has 0 saturated carbocycles. The van der Waals surface area contributed by atoms with Gasteiger partial charge in [0.05, 0.1) is 9.50 Å². The maximum absolute atomic E-state index is 12.5. The van der Waals surface area contributed by atoms with Gasteiger partial charge in [-0.1, -0.05) is 11.6 Å². The van der Waals surface area contributed by atoms with Crippen molar-refractivity contribution >= 4 is 27.5 Å². The second kappa shape index (κ2) is 2.76. The summed E-state index contributed by atoms with van der Waals surface area (Å²) < 4.78 is 12.6. The van der Waals surface area contributed by atoms with Gasteiger partial charge in [0.15, 0.2) is 0 Å². The van der Waals surface area contributed by atoms with Crippen molar-refractivity contribution in [1.29, 1.82) is 0 Å². The molecular weight excluding hydrogens is 222 g/mol. The van der Waals surface area contributed by atoms with Crippen molar-refractivity contribution in [2.75, 3.05) is 0 Å². The van der Waals surface area contributed by atoms with Gasteiger partial charge >= 0.3 is 0 Å². The summed E-state index contributed by atoms with van der Waals surface area (Å²) in [5, 5.41) is 8.90. The van der Waals surface area contributed by atoms with Crippen LogP contribution < -0.4 is 0 Å². The number of rotatable bonds is 0. The second-order valence-corrected chi connectivity index (χ2v) is 2.87. The van der Waals surface area contributed by atoms with Crippen LogP contribution in [-0.2, 0) is 0 Å². The standard InChI is InChI=1S/C6H3BrClFO/c7-5-3(9)1-2-4(10)6(5)8/h1-2,10H. The average Bonchev–Trinajstić information content (AvgIpc) is 1.93. The monoisotopic (exact) mass is 224 g/mol. The summed E-state index contributed by atoms with van der Waals surface area (Å²) in [6, 6.07) is 2.33. The summed E-state index contributed by atoms with van der Waals surface area (Å²) >= 11 is 8.31. The fourth-order valence-corrected chi connectivity index (χ4v) is 1.00. The van der Waals surface area contributed by atoms with E-state index in [1.54, 1.807) is 0 Å². The number of phenols is 1. The third kappa shape index (κ3) is 1.25. The Balaban J connectivity index is 3.34. The Morgan fingerprint density at radius 1 is 1.50 bits per heavy atom. The topological polar surface area (TPSA) is 20.2 Å². The molecule has 10 heavy (non-hydrogen) atoms. The van der Waals surface area contributed by atoms with E-state index >= 15 is 0 Å². The zero-order chi connectivity index (χ0) is 7.72. The van der Waals surface area contributed by atoms with E-state index < -0.39 is 5.82 Å². The molecule has 0 amide bonds. The van der Waals surface area contributed by atoms with E-state index in [4.69, 9.17) is 16.7 Å². The number of aromatic hydroxyl groups is 1. The molecule has 0 heterocycles. The van der Waals surface area contributed by atoms with E-state index in [1.807, 2.05) is 0 Å². The quantitative estimate of drug-likeness (QED) is 0.673. The van der Waals surface area contributed by atoms with Crippen molar-refractivity contribution in [3.8, 4) is 5.75 Å². The number of hydrogen-bond acceptors (Lipinski definition) is 1. The van der Waals surface area contributed by atoms with E-state index in [2.05, 4.69) is 15.9 Å². The molecule has 0 fully saturated rings. The number of benzene rings is 1. The van der Waals surface area contributed by atoms with Gasteiger partial charge in [-0.05, 0) is 28.1 Å². The Bertz CT molecular complexity index is 237. The zero-order valence-electron chi connectivity index (χ0n) is 4.74. The Labute approximate surface area is 70.6 Å². The van der Waals surface area contributed by atoms with Crippen molar-refractivity contribution < 1.29 is 9.50 Å². The normalized spacial score (nSPS) is 9.90. The van der Waals surface area contributed by atoms with Crippen LogP contribution in [0.15, 0.2) is 16.6 Å². The van der Waals surface area contributed by atoms with Crippen LogP contribution in [-0.4, -0.2) is 5.11 Å². The summed E-state index contributed by atoms with van der Waals surface area (Å²) in [5.41, 5.74) is 0. The van der Waals surface area contributed by atoms with Gasteiger partial charge in [-0.15, -0.1) is 0 Å². The van der Waals surface area contributed by atoms with Gasteiger partial charge in [-0.25, -0.2) is 4.39 Å². The first-order valence-corrected chi connectivity index (χ1v) is 3.62. The summed E-state index contributed by atoms with van der Waals surface area (Å²) in [6.45, 7) is 0. The van der Waals surface area contributed by atoms with E-state index in [0.29, 0.717) is 0 Å². The molecule has 0 atom stereocenters. The van der Waals surface area contributed by atoms with E-state index in [9.17, 15) is 4.39 Å². The van der Waals surface area contributed by atoms with Gasteiger partial charge < -0.3 is 5.11 Å². The van der Waals surface area contributed by atoms with Crippen molar-refractivity contribution in [2.45, 2.75) is 0 Å². The molecule has 1 nitrogen and oxygen atoms in total. The van der Waals surface area contributed by atoms with Gasteiger partial charge in [0.25, 0.3) is 0 Å². The summed E-state index contributed by atoms with van der Waals surface area (Å²) in [5.74, 6) is -0.613. The predicted molar refractivity (Wildman–Crippen MR) is 40.8 cm³/mol. The fraction of sp³-hybridized carbons (Fsp3) is 0. The van der Waals surface area contributed by atoms with Gasteiger partial charge in [0.1, 0.15) is 11.6 Å². The van der Waals surface area contributed by atoms with Gasteiger partial charge in [0, 0.05) is 0 Å². The van der Waals surface area contributed by atoms with Crippen LogP contribution >= 0.6 is 27.5 Å². The SMILES string of the molecule is Oc1ccc(F)c(Br)c1Cl.